The van der Waals surface area contributed by atoms with Crippen molar-refractivity contribution < 1.29 is 43.2 Å². The molecule has 3 rings (SSSR count). The zero-order valence-corrected chi connectivity index (χ0v) is 33.1. The van der Waals surface area contributed by atoms with E-state index in [0.717, 1.165) is 0 Å². The molecule has 2 N–H and O–H groups in total. The summed E-state index contributed by atoms with van der Waals surface area (Å²) in [4.78, 5) is 68.8. The normalized spacial score (nSPS) is 16.0. The van der Waals surface area contributed by atoms with Crippen molar-refractivity contribution >= 4 is 46.3 Å². The van der Waals surface area contributed by atoms with Gasteiger partial charge < -0.3 is 34.3 Å². The second-order valence-corrected chi connectivity index (χ2v) is 15.6. The van der Waals surface area contributed by atoms with Gasteiger partial charge in [0, 0.05) is 50.9 Å². The molecule has 14 nitrogen and oxygen atoms in total. The molecule has 2 atom stereocenters. The molecule has 15 heteroatoms. The average molecular weight is 775 g/mol. The van der Waals surface area contributed by atoms with Gasteiger partial charge in [0.05, 0.1) is 60.8 Å². The van der Waals surface area contributed by atoms with Gasteiger partial charge in [0.1, 0.15) is 17.0 Å². The third kappa shape index (κ3) is 15.8. The first-order valence-electron chi connectivity index (χ1n) is 18.4. The minimum atomic E-state index is -0.891. The van der Waals surface area contributed by atoms with Crippen molar-refractivity contribution in [1.82, 2.24) is 19.8 Å². The molecule has 1 fully saturated rings. The molecule has 0 saturated carbocycles. The molecule has 1 aromatic heterocycles. The number of aromatic nitrogens is 2. The summed E-state index contributed by atoms with van der Waals surface area (Å²) in [6.07, 6.45) is 2.70. The van der Waals surface area contributed by atoms with Crippen LogP contribution in [-0.2, 0) is 35.1 Å². The first kappa shape index (κ1) is 44.4. The fraction of sp³-hybridized carbons (Fsp3) is 0.641. The Kier molecular flexibility index (Phi) is 17.4. The lowest BCUT2D eigenvalue weighted by molar-refractivity contribution is -0.122. The van der Waals surface area contributed by atoms with Crippen LogP contribution in [0.2, 0.25) is 5.02 Å². The fourth-order valence-electron chi connectivity index (χ4n) is 5.59. The Hall–Kier alpha value is -4.03. The molecule has 2 unspecified atom stereocenters. The number of hydrogen-bond donors (Lipinski definition) is 2. The number of Topliss-reactive ketones (excluding diaryl/α,β-unsaturated/α-hetero) is 2. The molecule has 2 heterocycles. The van der Waals surface area contributed by atoms with Crippen LogP contribution in [0.4, 0.5) is 9.59 Å². The largest absolute Gasteiger partial charge is 0.444 e. The van der Waals surface area contributed by atoms with Crippen molar-refractivity contribution in [1.29, 1.82) is 0 Å². The van der Waals surface area contributed by atoms with Gasteiger partial charge in [-0.25, -0.2) is 14.6 Å². The highest BCUT2D eigenvalue weighted by Crippen LogP contribution is 2.24. The van der Waals surface area contributed by atoms with Crippen molar-refractivity contribution in [2.24, 2.45) is 0 Å². The summed E-state index contributed by atoms with van der Waals surface area (Å²) in [5.74, 6) is 5.82. The summed E-state index contributed by atoms with van der Waals surface area (Å²) < 4.78 is 22.7. The molecule has 0 bridgehead atoms. The number of piperidine rings is 1. The lowest BCUT2D eigenvalue weighted by atomic mass is 9.95. The molecule has 1 aliphatic heterocycles. The first-order valence-corrected chi connectivity index (χ1v) is 18.8. The predicted molar refractivity (Wildman–Crippen MR) is 203 cm³/mol. The standard InChI is InChI=1S/C39H55ClN4O10/c1-38(2,3)53-36(49)41-16-19-52-21-20-51-18-11-14-28(45)13-9-7-8-12-27-22-32-30(24-31(27)40)35(48)43(26-42-32)25-29(46)23-33-34(47)15-10-17-44(33)37(50)54-39(4,5)6/h22,24,26,33-34,47H,7,9-11,13-21,23,25H2,1-6H3,(H,41,49). The average Bonchev–Trinajstić information content (AvgIpc) is 3.06. The highest BCUT2D eigenvalue weighted by molar-refractivity contribution is 6.32. The van der Waals surface area contributed by atoms with E-state index in [9.17, 15) is 29.1 Å². The molecule has 2 amide bonds. The van der Waals surface area contributed by atoms with E-state index in [-0.39, 0.29) is 34.9 Å². The number of carbonyl (C=O) groups excluding carboxylic acids is 4. The number of aliphatic hydroxyl groups is 1. The number of carbonyl (C=O) groups is 4. The number of nitrogens with zero attached hydrogens (tertiary/aromatic N) is 3. The SMILES string of the molecule is CC(C)(C)OC(=O)NCCOCCOCCCC(=O)CCCC#Cc1cc2ncn(CC(=O)CC3C(O)CCCN3C(=O)OC(C)(C)C)c(=O)c2cc1Cl. The molecule has 0 radical (unpaired) electrons. The van der Waals surface area contributed by atoms with Crippen molar-refractivity contribution in [2.75, 3.05) is 39.5 Å². The Morgan fingerprint density at radius 3 is 2.35 bits per heavy atom. The minimum absolute atomic E-state index is 0.128. The van der Waals surface area contributed by atoms with Crippen LogP contribution in [0.25, 0.3) is 10.9 Å². The number of aliphatic hydroxyl groups excluding tert-OH is 1. The van der Waals surface area contributed by atoms with E-state index in [0.29, 0.717) is 95.5 Å². The van der Waals surface area contributed by atoms with Crippen molar-refractivity contribution in [2.45, 2.75) is 123 Å². The molecule has 2 aromatic rings. The summed E-state index contributed by atoms with van der Waals surface area (Å²) in [7, 11) is 0. The van der Waals surface area contributed by atoms with E-state index >= 15 is 0 Å². The van der Waals surface area contributed by atoms with Crippen LogP contribution < -0.4 is 10.9 Å². The molecule has 1 aliphatic rings. The minimum Gasteiger partial charge on any atom is -0.444 e. The number of nitrogens with one attached hydrogen (secondary N) is 1. The van der Waals surface area contributed by atoms with E-state index in [1.165, 1.54) is 21.9 Å². The highest BCUT2D eigenvalue weighted by Gasteiger charge is 2.37. The van der Waals surface area contributed by atoms with Crippen molar-refractivity contribution in [3.8, 4) is 11.8 Å². The van der Waals surface area contributed by atoms with Gasteiger partial charge in [-0.1, -0.05) is 23.4 Å². The van der Waals surface area contributed by atoms with Crippen molar-refractivity contribution in [3.63, 3.8) is 0 Å². The molecule has 1 saturated heterocycles. The fourth-order valence-corrected chi connectivity index (χ4v) is 5.81. The molecule has 1 aromatic carbocycles. The summed E-state index contributed by atoms with van der Waals surface area (Å²) in [5, 5.41) is 13.7. The Bertz CT molecular complexity index is 1720. The molecule has 0 aliphatic carbocycles. The number of ether oxygens (including phenoxy) is 4. The van der Waals surface area contributed by atoms with Crippen LogP contribution in [0.3, 0.4) is 0 Å². The highest BCUT2D eigenvalue weighted by atomic mass is 35.5. The number of alkyl carbamates (subject to hydrolysis) is 1. The van der Waals surface area contributed by atoms with Crippen LogP contribution >= 0.6 is 11.6 Å². The lowest BCUT2D eigenvalue weighted by Crippen LogP contribution is -2.53. The van der Waals surface area contributed by atoms with Gasteiger partial charge in [0.15, 0.2) is 5.78 Å². The van der Waals surface area contributed by atoms with E-state index < -0.39 is 41.1 Å². The quantitative estimate of drug-likeness (QED) is 0.160. The number of ketones is 2. The Balaban J connectivity index is 1.39. The maximum Gasteiger partial charge on any atom is 0.410 e. The van der Waals surface area contributed by atoms with Gasteiger partial charge in [0.25, 0.3) is 5.56 Å². The number of rotatable bonds is 17. The van der Waals surface area contributed by atoms with Gasteiger partial charge in [-0.3, -0.25) is 19.0 Å². The number of benzene rings is 1. The second kappa shape index (κ2) is 21.2. The van der Waals surface area contributed by atoms with Crippen LogP contribution in [-0.4, -0.2) is 106 Å². The molecule has 54 heavy (non-hydrogen) atoms. The van der Waals surface area contributed by atoms with Crippen LogP contribution in [0.1, 0.15) is 98.5 Å². The molecular formula is C39H55ClN4O10. The van der Waals surface area contributed by atoms with Crippen LogP contribution in [0.5, 0.6) is 0 Å². The predicted octanol–water partition coefficient (Wildman–Crippen LogP) is 5.20. The molecule has 0 spiro atoms. The number of fused-ring (bicyclic) bond motifs is 1. The molecule has 298 valence electrons. The maximum atomic E-state index is 13.3. The van der Waals surface area contributed by atoms with Crippen molar-refractivity contribution in [3.05, 3.63) is 39.4 Å². The monoisotopic (exact) mass is 774 g/mol. The van der Waals surface area contributed by atoms with Gasteiger partial charge in [-0.05, 0) is 79.4 Å². The zero-order chi connectivity index (χ0) is 39.9. The Labute approximate surface area is 322 Å². The second-order valence-electron chi connectivity index (χ2n) is 15.2. The Morgan fingerprint density at radius 1 is 0.963 bits per heavy atom. The number of amides is 2. The lowest BCUT2D eigenvalue weighted by Gasteiger charge is -2.39. The summed E-state index contributed by atoms with van der Waals surface area (Å²) in [6, 6.07) is 2.34. The zero-order valence-electron chi connectivity index (χ0n) is 32.3. The number of hydrogen-bond acceptors (Lipinski definition) is 11. The number of likely N-dealkylation sites (tertiary alicyclic amines) is 1. The summed E-state index contributed by atoms with van der Waals surface area (Å²) >= 11 is 6.47. The summed E-state index contributed by atoms with van der Waals surface area (Å²) in [6.45, 7) is 12.6. The smallest absolute Gasteiger partial charge is 0.410 e. The third-order valence-electron chi connectivity index (χ3n) is 8.08. The van der Waals surface area contributed by atoms with Gasteiger partial charge in [-0.2, -0.15) is 0 Å². The third-order valence-corrected chi connectivity index (χ3v) is 8.39. The number of unbranched alkanes of at least 4 members (excludes halogenated alkanes) is 1. The molecular weight excluding hydrogens is 720 g/mol. The van der Waals surface area contributed by atoms with Crippen LogP contribution in [0.15, 0.2) is 23.3 Å². The number of halogens is 1. The summed E-state index contributed by atoms with van der Waals surface area (Å²) in [5.41, 5.74) is -0.868. The van der Waals surface area contributed by atoms with E-state index in [2.05, 4.69) is 22.1 Å². The maximum absolute atomic E-state index is 13.3. The first-order chi connectivity index (χ1) is 25.4. The Morgan fingerprint density at radius 2 is 1.65 bits per heavy atom. The van der Waals surface area contributed by atoms with Crippen LogP contribution in [0, 0.1) is 11.8 Å². The van der Waals surface area contributed by atoms with Gasteiger partial charge >= 0.3 is 12.2 Å². The van der Waals surface area contributed by atoms with E-state index in [4.69, 9.17) is 30.5 Å². The topological polar surface area (TPSA) is 176 Å². The van der Waals surface area contributed by atoms with Gasteiger partial charge in [0.2, 0.25) is 0 Å². The van der Waals surface area contributed by atoms with Gasteiger partial charge in [-0.15, -0.1) is 0 Å². The van der Waals surface area contributed by atoms with E-state index in [1.807, 2.05) is 0 Å². The van der Waals surface area contributed by atoms with E-state index in [1.54, 1.807) is 47.6 Å².